The number of hydrogen-bond acceptors (Lipinski definition) is 1. The van der Waals surface area contributed by atoms with Gasteiger partial charge in [-0.15, -0.1) is 0 Å². The molecule has 0 bridgehead atoms. The van der Waals surface area contributed by atoms with Crippen LogP contribution in [0.5, 0.6) is 0 Å². The summed E-state index contributed by atoms with van der Waals surface area (Å²) in [6.45, 7) is 10.7. The first-order valence-corrected chi connectivity index (χ1v) is 7.42. The van der Waals surface area contributed by atoms with Gasteiger partial charge in [0, 0.05) is 0 Å². The van der Waals surface area contributed by atoms with Gasteiger partial charge in [-0.25, -0.2) is 9.35 Å². The molecule has 0 saturated carbocycles. The highest BCUT2D eigenvalue weighted by Gasteiger charge is 2.16. The normalized spacial score (nSPS) is 13.4. The fourth-order valence-electron chi connectivity index (χ4n) is 2.01. The molecule has 0 radical (unpaired) electrons. The lowest BCUT2D eigenvalue weighted by Gasteiger charge is -2.18. The summed E-state index contributed by atoms with van der Waals surface area (Å²) in [4.78, 5) is 0.840. The zero-order chi connectivity index (χ0) is 13.2. The highest BCUT2D eigenvalue weighted by molar-refractivity contribution is 7.82. The Hall–Kier alpha value is -0.670. The molecule has 0 fully saturated rings. The molecule has 0 aliphatic rings. The summed E-state index contributed by atoms with van der Waals surface area (Å²) >= 11 is 0. The molecule has 0 saturated heterocycles. The van der Waals surface area contributed by atoms with Crippen LogP contribution in [-0.4, -0.2) is 4.21 Å². The van der Waals surface area contributed by atoms with Gasteiger partial charge in [0.05, 0.1) is 4.90 Å². The Morgan fingerprint density at radius 3 is 2.12 bits per heavy atom. The predicted octanol–water partition coefficient (Wildman–Crippen LogP) is 3.48. The SMILES string of the molecule is CCc1cc(C(C)C)cc(C(C)C)c1S(N)=O. The Bertz CT molecular complexity index is 424. The topological polar surface area (TPSA) is 43.1 Å². The number of hydrogen-bond donors (Lipinski definition) is 1. The van der Waals surface area contributed by atoms with E-state index in [9.17, 15) is 4.21 Å². The molecule has 3 heteroatoms. The smallest absolute Gasteiger partial charge is 0.122 e. The first-order chi connectivity index (χ1) is 7.88. The van der Waals surface area contributed by atoms with Crippen molar-refractivity contribution in [2.45, 2.75) is 57.8 Å². The zero-order valence-electron chi connectivity index (χ0n) is 11.4. The molecule has 1 aromatic rings. The Balaban J connectivity index is 3.51. The van der Waals surface area contributed by atoms with Crippen molar-refractivity contribution in [2.24, 2.45) is 5.14 Å². The summed E-state index contributed by atoms with van der Waals surface area (Å²) in [7, 11) is -1.39. The molecule has 1 aromatic carbocycles. The Morgan fingerprint density at radius 2 is 1.76 bits per heavy atom. The van der Waals surface area contributed by atoms with Gasteiger partial charge >= 0.3 is 0 Å². The molecular formula is C14H23NOS. The van der Waals surface area contributed by atoms with E-state index in [4.69, 9.17) is 5.14 Å². The van der Waals surface area contributed by atoms with Gasteiger partial charge in [-0.1, -0.05) is 46.8 Å². The fraction of sp³-hybridized carbons (Fsp3) is 0.571. The second-order valence-corrected chi connectivity index (χ2v) is 6.06. The highest BCUT2D eigenvalue weighted by atomic mass is 32.2. The molecule has 0 heterocycles. The first kappa shape index (κ1) is 14.4. The van der Waals surface area contributed by atoms with E-state index in [-0.39, 0.29) is 0 Å². The zero-order valence-corrected chi connectivity index (χ0v) is 12.2. The second kappa shape index (κ2) is 5.78. The van der Waals surface area contributed by atoms with Crippen LogP contribution in [0.15, 0.2) is 17.0 Å². The lowest BCUT2D eigenvalue weighted by atomic mass is 9.92. The number of aryl methyl sites for hydroxylation is 1. The minimum Gasteiger partial charge on any atom is -0.248 e. The van der Waals surface area contributed by atoms with Gasteiger partial charge in [-0.3, -0.25) is 0 Å². The molecule has 17 heavy (non-hydrogen) atoms. The van der Waals surface area contributed by atoms with Crippen LogP contribution in [0, 0.1) is 0 Å². The highest BCUT2D eigenvalue weighted by Crippen LogP contribution is 2.29. The van der Waals surface area contributed by atoms with Crippen LogP contribution in [0.3, 0.4) is 0 Å². The van der Waals surface area contributed by atoms with Crippen LogP contribution in [-0.2, 0) is 17.4 Å². The Morgan fingerprint density at radius 1 is 1.18 bits per heavy atom. The van der Waals surface area contributed by atoms with E-state index in [2.05, 4.69) is 46.8 Å². The van der Waals surface area contributed by atoms with Crippen molar-refractivity contribution in [1.82, 2.24) is 0 Å². The van der Waals surface area contributed by atoms with Gasteiger partial charge in [-0.05, 0) is 34.9 Å². The third kappa shape index (κ3) is 3.17. The molecule has 1 unspecified atom stereocenters. The second-order valence-electron chi connectivity index (χ2n) is 5.06. The fourth-order valence-corrected chi connectivity index (χ4v) is 3.00. The Labute approximate surface area is 107 Å². The molecule has 0 aliphatic carbocycles. The summed E-state index contributed by atoms with van der Waals surface area (Å²) in [5.74, 6) is 0.833. The van der Waals surface area contributed by atoms with E-state index in [1.165, 1.54) is 5.56 Å². The molecular weight excluding hydrogens is 230 g/mol. The molecule has 2 N–H and O–H groups in total. The molecule has 0 aliphatic heterocycles. The van der Waals surface area contributed by atoms with Gasteiger partial charge in [-0.2, -0.15) is 0 Å². The van der Waals surface area contributed by atoms with E-state index in [0.717, 1.165) is 22.4 Å². The monoisotopic (exact) mass is 253 g/mol. The molecule has 2 nitrogen and oxygen atoms in total. The lowest BCUT2D eigenvalue weighted by Crippen LogP contribution is -2.11. The van der Waals surface area contributed by atoms with Crippen molar-refractivity contribution in [2.75, 3.05) is 0 Å². The number of rotatable bonds is 4. The molecule has 1 atom stereocenters. The van der Waals surface area contributed by atoms with Crippen LogP contribution < -0.4 is 5.14 Å². The average Bonchev–Trinajstić information content (AvgIpc) is 2.26. The summed E-state index contributed by atoms with van der Waals surface area (Å²) in [5.41, 5.74) is 3.56. The van der Waals surface area contributed by atoms with Crippen LogP contribution >= 0.6 is 0 Å². The van der Waals surface area contributed by atoms with E-state index in [1.807, 2.05) is 0 Å². The maximum atomic E-state index is 11.7. The summed E-state index contributed by atoms with van der Waals surface area (Å²) < 4.78 is 11.7. The standard InChI is InChI=1S/C14H23NOS/c1-6-11-7-12(9(2)3)8-13(10(4)5)14(11)17(15)16/h7-10H,6,15H2,1-5H3. The van der Waals surface area contributed by atoms with Crippen molar-refractivity contribution in [3.63, 3.8) is 0 Å². The number of nitrogens with two attached hydrogens (primary N) is 1. The van der Waals surface area contributed by atoms with Gasteiger partial charge in [0.1, 0.15) is 11.0 Å². The third-order valence-electron chi connectivity index (χ3n) is 3.09. The van der Waals surface area contributed by atoms with Gasteiger partial charge in [0.15, 0.2) is 0 Å². The van der Waals surface area contributed by atoms with Crippen molar-refractivity contribution >= 4 is 11.0 Å². The van der Waals surface area contributed by atoms with E-state index < -0.39 is 11.0 Å². The maximum absolute atomic E-state index is 11.7. The molecule has 0 amide bonds. The van der Waals surface area contributed by atoms with Gasteiger partial charge in [0.25, 0.3) is 0 Å². The van der Waals surface area contributed by atoms with Crippen molar-refractivity contribution < 1.29 is 4.21 Å². The van der Waals surface area contributed by atoms with Crippen molar-refractivity contribution in [3.8, 4) is 0 Å². The quantitative estimate of drug-likeness (QED) is 0.877. The Kier molecular flexibility index (Phi) is 4.90. The van der Waals surface area contributed by atoms with E-state index >= 15 is 0 Å². The summed E-state index contributed by atoms with van der Waals surface area (Å²) in [6.07, 6.45) is 0.874. The first-order valence-electron chi connectivity index (χ1n) is 6.21. The van der Waals surface area contributed by atoms with Crippen molar-refractivity contribution in [1.29, 1.82) is 0 Å². The molecule has 0 spiro atoms. The predicted molar refractivity (Wildman–Crippen MR) is 74.6 cm³/mol. The molecule has 0 aromatic heterocycles. The summed E-state index contributed by atoms with van der Waals surface area (Å²) in [6, 6.07) is 4.31. The minimum atomic E-state index is -1.39. The van der Waals surface area contributed by atoms with Crippen LogP contribution in [0.4, 0.5) is 0 Å². The maximum Gasteiger partial charge on any atom is 0.122 e. The molecule has 96 valence electrons. The molecule has 1 rings (SSSR count). The van der Waals surface area contributed by atoms with E-state index in [0.29, 0.717) is 11.8 Å². The minimum absolute atomic E-state index is 0.349. The summed E-state index contributed by atoms with van der Waals surface area (Å²) in [5, 5.41) is 5.63. The van der Waals surface area contributed by atoms with Crippen LogP contribution in [0.1, 0.15) is 63.1 Å². The largest absolute Gasteiger partial charge is 0.248 e. The number of benzene rings is 1. The van der Waals surface area contributed by atoms with Crippen LogP contribution in [0.2, 0.25) is 0 Å². The van der Waals surface area contributed by atoms with Crippen LogP contribution in [0.25, 0.3) is 0 Å². The van der Waals surface area contributed by atoms with Crippen molar-refractivity contribution in [3.05, 3.63) is 28.8 Å². The van der Waals surface area contributed by atoms with Gasteiger partial charge < -0.3 is 0 Å². The third-order valence-corrected chi connectivity index (χ3v) is 3.99. The lowest BCUT2D eigenvalue weighted by molar-refractivity contribution is 0.680. The average molecular weight is 253 g/mol. The van der Waals surface area contributed by atoms with Gasteiger partial charge in [0.2, 0.25) is 0 Å². The van der Waals surface area contributed by atoms with E-state index in [1.54, 1.807) is 0 Å².